The average molecular weight is 591 g/mol. The number of benzene rings is 2. The number of phenolic OH excluding ortho intramolecular Hbond substituents is 2. The second-order valence-electron chi connectivity index (χ2n) is 15.9. The van der Waals surface area contributed by atoms with Gasteiger partial charge in [0.1, 0.15) is 11.5 Å². The molecule has 6 heteroatoms. The van der Waals surface area contributed by atoms with Crippen LogP contribution in [0.15, 0.2) is 35.4 Å². The predicted octanol–water partition coefficient (Wildman–Crippen LogP) is 7.90. The van der Waals surface area contributed by atoms with Crippen molar-refractivity contribution in [3.05, 3.63) is 68.8 Å². The number of carbonyl (C=O) groups is 2. The molecule has 0 saturated heterocycles. The molecule has 0 unspecified atom stereocenters. The van der Waals surface area contributed by atoms with Crippen molar-refractivity contribution in [1.29, 1.82) is 0 Å². The van der Waals surface area contributed by atoms with Gasteiger partial charge in [0, 0.05) is 33.4 Å². The highest BCUT2D eigenvalue weighted by Crippen LogP contribution is 2.41. The Morgan fingerprint density at radius 1 is 0.558 bits per heavy atom. The summed E-state index contributed by atoms with van der Waals surface area (Å²) in [6.07, 6.45) is 4.76. The number of rotatable bonds is 8. The average Bonchev–Trinajstić information content (AvgIpc) is 2.81. The van der Waals surface area contributed by atoms with E-state index >= 15 is 0 Å². The lowest BCUT2D eigenvalue weighted by Gasteiger charge is -2.28. The Labute approximate surface area is 259 Å². The van der Waals surface area contributed by atoms with Gasteiger partial charge in [0.2, 0.25) is 11.8 Å². The Balaban J connectivity index is 2.49. The van der Waals surface area contributed by atoms with Crippen LogP contribution in [0.4, 0.5) is 0 Å². The standard InChI is InChI=1S/C37H54N2O4/c1-34(2,3)26-18-22(19-27(30(26)40)35(4,5)6)16-24(32(38)42)14-13-15-25(33(39)43)17-23-20-28(36(7,8)9)31(41)29(21-23)37(10,11)12/h16-21,40-41H,13-15H2,1-12H3,(H2,38,42)(H2,39,43). The fourth-order valence-electron chi connectivity index (χ4n) is 5.17. The van der Waals surface area contributed by atoms with Crippen LogP contribution in [0.1, 0.15) is 136 Å². The summed E-state index contributed by atoms with van der Waals surface area (Å²) in [7, 11) is 0. The molecule has 0 aliphatic heterocycles. The van der Waals surface area contributed by atoms with Gasteiger partial charge in [0.15, 0.2) is 0 Å². The summed E-state index contributed by atoms with van der Waals surface area (Å²) in [6, 6.07) is 7.64. The lowest BCUT2D eigenvalue weighted by molar-refractivity contribution is -0.115. The molecule has 0 aliphatic rings. The van der Waals surface area contributed by atoms with Crippen LogP contribution in [0.3, 0.4) is 0 Å². The van der Waals surface area contributed by atoms with Crippen LogP contribution < -0.4 is 11.5 Å². The maximum atomic E-state index is 12.5. The van der Waals surface area contributed by atoms with E-state index in [0.717, 1.165) is 33.4 Å². The number of amides is 2. The van der Waals surface area contributed by atoms with E-state index in [1.165, 1.54) is 0 Å². The zero-order valence-electron chi connectivity index (χ0n) is 28.5. The van der Waals surface area contributed by atoms with Gasteiger partial charge >= 0.3 is 0 Å². The number of primary amides is 2. The Morgan fingerprint density at radius 2 is 0.791 bits per heavy atom. The summed E-state index contributed by atoms with van der Waals surface area (Å²) in [5.74, 6) is -0.522. The highest BCUT2D eigenvalue weighted by Gasteiger charge is 2.28. The Kier molecular flexibility index (Phi) is 10.4. The van der Waals surface area contributed by atoms with Gasteiger partial charge in [-0.15, -0.1) is 0 Å². The molecular formula is C37H54N2O4. The summed E-state index contributed by atoms with van der Waals surface area (Å²) in [4.78, 5) is 25.0. The number of carbonyl (C=O) groups excluding carboxylic acids is 2. The van der Waals surface area contributed by atoms with E-state index in [9.17, 15) is 19.8 Å². The van der Waals surface area contributed by atoms with Gasteiger partial charge < -0.3 is 21.7 Å². The number of nitrogens with two attached hydrogens (primary N) is 2. The first kappa shape index (κ1) is 35.7. The van der Waals surface area contributed by atoms with Crippen LogP contribution in [0, 0.1) is 0 Å². The van der Waals surface area contributed by atoms with Crippen LogP contribution in [0.25, 0.3) is 12.2 Å². The van der Waals surface area contributed by atoms with Crippen molar-refractivity contribution in [3.63, 3.8) is 0 Å². The van der Waals surface area contributed by atoms with Gasteiger partial charge in [0.05, 0.1) is 0 Å². The summed E-state index contributed by atoms with van der Waals surface area (Å²) < 4.78 is 0. The van der Waals surface area contributed by atoms with Crippen LogP contribution in [0.2, 0.25) is 0 Å². The summed E-state index contributed by atoms with van der Waals surface area (Å²) >= 11 is 0. The maximum Gasteiger partial charge on any atom is 0.244 e. The van der Waals surface area contributed by atoms with Gasteiger partial charge in [-0.05, 0) is 88.5 Å². The second-order valence-corrected chi connectivity index (χ2v) is 15.9. The van der Waals surface area contributed by atoms with Gasteiger partial charge in [-0.3, -0.25) is 9.59 Å². The Hall–Kier alpha value is -3.54. The molecule has 0 aromatic heterocycles. The molecule has 0 aliphatic carbocycles. The molecule has 0 bridgehead atoms. The van der Waals surface area contributed by atoms with Crippen LogP contribution in [-0.4, -0.2) is 22.0 Å². The van der Waals surface area contributed by atoms with Crippen molar-refractivity contribution < 1.29 is 19.8 Å². The number of hydrogen-bond acceptors (Lipinski definition) is 4. The third-order valence-electron chi connectivity index (χ3n) is 7.70. The molecule has 43 heavy (non-hydrogen) atoms. The zero-order chi connectivity index (χ0) is 33.3. The van der Waals surface area contributed by atoms with Crippen molar-refractivity contribution in [2.45, 2.75) is 124 Å². The zero-order valence-corrected chi connectivity index (χ0v) is 28.5. The number of aromatic hydroxyl groups is 2. The molecule has 2 amide bonds. The lowest BCUT2D eigenvalue weighted by Crippen LogP contribution is -2.18. The molecule has 0 saturated carbocycles. The minimum absolute atomic E-state index is 0.271. The Bertz CT molecular complexity index is 1250. The van der Waals surface area contributed by atoms with Crippen LogP contribution in [0.5, 0.6) is 11.5 Å². The van der Waals surface area contributed by atoms with E-state index in [1.807, 2.05) is 107 Å². The number of phenols is 2. The highest BCUT2D eigenvalue weighted by molar-refractivity contribution is 5.97. The third-order valence-corrected chi connectivity index (χ3v) is 7.70. The fourth-order valence-corrected chi connectivity index (χ4v) is 5.17. The summed E-state index contributed by atoms with van der Waals surface area (Å²) in [6.45, 7) is 24.5. The molecule has 0 atom stereocenters. The first-order chi connectivity index (χ1) is 19.3. The molecule has 0 heterocycles. The van der Waals surface area contributed by atoms with E-state index in [4.69, 9.17) is 11.5 Å². The van der Waals surface area contributed by atoms with Gasteiger partial charge in [-0.1, -0.05) is 83.1 Å². The monoisotopic (exact) mass is 590 g/mol. The lowest BCUT2D eigenvalue weighted by atomic mass is 9.78. The minimum Gasteiger partial charge on any atom is -0.507 e. The van der Waals surface area contributed by atoms with E-state index in [-0.39, 0.29) is 33.2 Å². The maximum absolute atomic E-state index is 12.5. The topological polar surface area (TPSA) is 127 Å². The van der Waals surface area contributed by atoms with E-state index in [1.54, 1.807) is 12.2 Å². The highest BCUT2D eigenvalue weighted by atomic mass is 16.3. The molecule has 0 fully saturated rings. The van der Waals surface area contributed by atoms with Crippen molar-refractivity contribution in [2.24, 2.45) is 11.5 Å². The van der Waals surface area contributed by atoms with Crippen molar-refractivity contribution in [2.75, 3.05) is 0 Å². The third kappa shape index (κ3) is 9.22. The van der Waals surface area contributed by atoms with Gasteiger partial charge in [-0.2, -0.15) is 0 Å². The summed E-state index contributed by atoms with van der Waals surface area (Å²) in [5.41, 5.74) is 16.0. The SMILES string of the molecule is CC(C)(C)c1cc(C=C(CCCC(=Cc2cc(C(C)(C)C)c(O)c(C(C)(C)C)c2)C(N)=O)C(N)=O)cc(C(C)(C)C)c1O. The van der Waals surface area contributed by atoms with E-state index in [2.05, 4.69) is 0 Å². The normalized spacial score (nSPS) is 13.8. The van der Waals surface area contributed by atoms with E-state index < -0.39 is 11.8 Å². The van der Waals surface area contributed by atoms with Crippen LogP contribution >= 0.6 is 0 Å². The van der Waals surface area contributed by atoms with Gasteiger partial charge in [0.25, 0.3) is 0 Å². The molecular weight excluding hydrogens is 536 g/mol. The molecule has 236 valence electrons. The molecule has 2 aromatic carbocycles. The molecule has 6 nitrogen and oxygen atoms in total. The Morgan fingerprint density at radius 3 is 0.977 bits per heavy atom. The van der Waals surface area contributed by atoms with Crippen molar-refractivity contribution >= 4 is 24.0 Å². The quantitative estimate of drug-likeness (QED) is 0.233. The molecule has 6 N–H and O–H groups in total. The van der Waals surface area contributed by atoms with Gasteiger partial charge in [-0.25, -0.2) is 0 Å². The molecule has 2 aromatic rings. The predicted molar refractivity (Wildman–Crippen MR) is 179 cm³/mol. The fraction of sp³-hybridized carbons (Fsp3) is 0.514. The smallest absolute Gasteiger partial charge is 0.244 e. The minimum atomic E-state index is -0.532. The number of hydrogen-bond donors (Lipinski definition) is 4. The first-order valence-corrected chi connectivity index (χ1v) is 15.1. The first-order valence-electron chi connectivity index (χ1n) is 15.1. The van der Waals surface area contributed by atoms with Crippen molar-refractivity contribution in [1.82, 2.24) is 0 Å². The molecule has 0 spiro atoms. The second kappa shape index (κ2) is 12.6. The summed E-state index contributed by atoms with van der Waals surface area (Å²) in [5, 5.41) is 22.1. The van der Waals surface area contributed by atoms with E-state index in [0.29, 0.717) is 30.4 Å². The molecule has 0 radical (unpaired) electrons. The van der Waals surface area contributed by atoms with Crippen molar-refractivity contribution in [3.8, 4) is 11.5 Å². The molecule has 2 rings (SSSR count). The largest absolute Gasteiger partial charge is 0.507 e. The van der Waals surface area contributed by atoms with Crippen LogP contribution in [-0.2, 0) is 31.2 Å².